The van der Waals surface area contributed by atoms with Gasteiger partial charge in [-0.25, -0.2) is 0 Å². The van der Waals surface area contributed by atoms with Gasteiger partial charge in [-0.3, -0.25) is 4.98 Å². The number of hydrogen-bond donors (Lipinski definition) is 1. The molecule has 0 radical (unpaired) electrons. The molecule has 0 aromatic carbocycles. The van der Waals surface area contributed by atoms with E-state index in [1.807, 2.05) is 12.4 Å². The maximum atomic E-state index is 6.20. The Morgan fingerprint density at radius 3 is 2.68 bits per heavy atom. The predicted octanol–water partition coefficient (Wildman–Crippen LogP) is 3.68. The van der Waals surface area contributed by atoms with Crippen molar-refractivity contribution in [2.75, 3.05) is 0 Å². The zero-order valence-electron chi connectivity index (χ0n) is 12.2. The van der Waals surface area contributed by atoms with Crippen molar-refractivity contribution in [3.8, 4) is 5.75 Å². The average molecular weight is 262 g/mol. The first-order valence-electron chi connectivity index (χ1n) is 7.58. The van der Waals surface area contributed by atoms with Gasteiger partial charge in [0.2, 0.25) is 0 Å². The molecule has 0 amide bonds. The molecular weight excluding hydrogens is 236 g/mol. The Morgan fingerprint density at radius 1 is 1.26 bits per heavy atom. The molecule has 0 aliphatic heterocycles. The largest absolute Gasteiger partial charge is 0.488 e. The number of rotatable bonds is 5. The van der Waals surface area contributed by atoms with Crippen molar-refractivity contribution < 1.29 is 4.74 Å². The number of nitrogens with zero attached hydrogens (tertiary/aromatic N) is 1. The van der Waals surface area contributed by atoms with Crippen LogP contribution in [0.2, 0.25) is 0 Å². The van der Waals surface area contributed by atoms with E-state index in [2.05, 4.69) is 30.2 Å². The van der Waals surface area contributed by atoms with E-state index in [1.165, 1.54) is 44.1 Å². The van der Waals surface area contributed by atoms with Gasteiger partial charge < -0.3 is 10.1 Å². The molecule has 1 aromatic heterocycles. The normalized spacial score (nSPS) is 17.4. The summed E-state index contributed by atoms with van der Waals surface area (Å²) in [5.74, 6) is 0.961. The van der Waals surface area contributed by atoms with Gasteiger partial charge in [0.25, 0.3) is 0 Å². The smallest absolute Gasteiger partial charge is 0.142 e. The molecule has 106 valence electrons. The molecule has 1 aliphatic carbocycles. The van der Waals surface area contributed by atoms with Gasteiger partial charge >= 0.3 is 0 Å². The van der Waals surface area contributed by atoms with Crippen LogP contribution in [0.1, 0.15) is 57.9 Å². The Labute approximate surface area is 116 Å². The van der Waals surface area contributed by atoms with E-state index in [1.54, 1.807) is 0 Å². The maximum absolute atomic E-state index is 6.20. The van der Waals surface area contributed by atoms with Crippen molar-refractivity contribution in [1.82, 2.24) is 10.3 Å². The quantitative estimate of drug-likeness (QED) is 0.822. The number of aromatic nitrogens is 1. The molecule has 1 N–H and O–H groups in total. The third kappa shape index (κ3) is 4.83. The lowest BCUT2D eigenvalue weighted by Gasteiger charge is -2.19. The van der Waals surface area contributed by atoms with Crippen LogP contribution in [0.5, 0.6) is 5.75 Å². The molecular formula is C16H26N2O. The van der Waals surface area contributed by atoms with E-state index in [-0.39, 0.29) is 0 Å². The third-order valence-electron chi connectivity index (χ3n) is 3.67. The summed E-state index contributed by atoms with van der Waals surface area (Å²) in [6, 6.07) is 2.54. The van der Waals surface area contributed by atoms with Gasteiger partial charge in [0, 0.05) is 24.3 Å². The Kier molecular flexibility index (Phi) is 5.64. The van der Waals surface area contributed by atoms with Crippen molar-refractivity contribution in [3.63, 3.8) is 0 Å². The maximum Gasteiger partial charge on any atom is 0.142 e. The van der Waals surface area contributed by atoms with Crippen LogP contribution in [0.4, 0.5) is 0 Å². The molecule has 0 unspecified atom stereocenters. The van der Waals surface area contributed by atoms with Crippen LogP contribution in [0.15, 0.2) is 18.5 Å². The first kappa shape index (κ1) is 14.3. The predicted molar refractivity (Wildman–Crippen MR) is 78.3 cm³/mol. The fourth-order valence-corrected chi connectivity index (χ4v) is 2.51. The molecule has 0 saturated heterocycles. The number of pyridine rings is 1. The summed E-state index contributed by atoms with van der Waals surface area (Å²) in [5.41, 5.74) is 1.22. The summed E-state index contributed by atoms with van der Waals surface area (Å²) >= 11 is 0. The molecule has 3 heteroatoms. The zero-order chi connectivity index (χ0) is 13.5. The average Bonchev–Trinajstić information content (AvgIpc) is 2.66. The van der Waals surface area contributed by atoms with Gasteiger partial charge in [0.15, 0.2) is 0 Å². The summed E-state index contributed by atoms with van der Waals surface area (Å²) < 4.78 is 6.20. The highest BCUT2D eigenvalue weighted by molar-refractivity contribution is 5.30. The number of hydrogen-bond acceptors (Lipinski definition) is 3. The summed E-state index contributed by atoms with van der Waals surface area (Å²) in [6.45, 7) is 5.17. The molecule has 1 saturated carbocycles. The van der Waals surface area contributed by atoms with Crippen molar-refractivity contribution in [1.29, 1.82) is 0 Å². The van der Waals surface area contributed by atoms with E-state index >= 15 is 0 Å². The summed E-state index contributed by atoms with van der Waals surface area (Å²) in [7, 11) is 0. The first-order valence-corrected chi connectivity index (χ1v) is 7.58. The highest BCUT2D eigenvalue weighted by atomic mass is 16.5. The molecule has 1 aromatic rings. The highest BCUT2D eigenvalue weighted by Gasteiger charge is 2.15. The lowest BCUT2D eigenvalue weighted by atomic mass is 10.1. The molecule has 1 fully saturated rings. The molecule has 1 heterocycles. The minimum Gasteiger partial charge on any atom is -0.488 e. The van der Waals surface area contributed by atoms with Gasteiger partial charge in [-0.1, -0.05) is 26.7 Å². The Bertz CT molecular complexity index is 371. The SMILES string of the molecule is CC(C)NCc1ccncc1OC1CCCCCC1. The summed E-state index contributed by atoms with van der Waals surface area (Å²) in [4.78, 5) is 4.21. The Morgan fingerprint density at radius 2 is 2.00 bits per heavy atom. The number of nitrogens with one attached hydrogen (secondary N) is 1. The van der Waals surface area contributed by atoms with Crippen LogP contribution < -0.4 is 10.1 Å². The summed E-state index contributed by atoms with van der Waals surface area (Å²) in [6.07, 6.45) is 11.8. The monoisotopic (exact) mass is 262 g/mol. The van der Waals surface area contributed by atoms with Crippen molar-refractivity contribution in [2.24, 2.45) is 0 Å². The molecule has 1 aliphatic rings. The summed E-state index contributed by atoms with van der Waals surface area (Å²) in [5, 5.41) is 3.44. The van der Waals surface area contributed by atoms with Crippen molar-refractivity contribution in [2.45, 2.75) is 71.1 Å². The Hall–Kier alpha value is -1.09. The van der Waals surface area contributed by atoms with E-state index in [0.29, 0.717) is 12.1 Å². The van der Waals surface area contributed by atoms with Gasteiger partial charge in [0.05, 0.1) is 12.3 Å². The first-order chi connectivity index (χ1) is 9.25. The zero-order valence-corrected chi connectivity index (χ0v) is 12.2. The van der Waals surface area contributed by atoms with Gasteiger partial charge in [-0.15, -0.1) is 0 Å². The molecule has 0 spiro atoms. The Balaban J connectivity index is 1.97. The molecule has 0 atom stereocenters. The minimum absolute atomic E-state index is 0.379. The number of ether oxygens (including phenoxy) is 1. The van der Waals surface area contributed by atoms with Crippen LogP contribution >= 0.6 is 0 Å². The second-order valence-corrected chi connectivity index (χ2v) is 5.75. The van der Waals surface area contributed by atoms with E-state index in [0.717, 1.165) is 12.3 Å². The van der Waals surface area contributed by atoms with Crippen LogP contribution in [-0.2, 0) is 6.54 Å². The van der Waals surface area contributed by atoms with Crippen LogP contribution in [0.25, 0.3) is 0 Å². The molecule has 2 rings (SSSR count). The lowest BCUT2D eigenvalue weighted by molar-refractivity contribution is 0.181. The lowest BCUT2D eigenvalue weighted by Crippen LogP contribution is -2.23. The molecule has 0 bridgehead atoms. The van der Waals surface area contributed by atoms with E-state index in [4.69, 9.17) is 4.74 Å². The van der Waals surface area contributed by atoms with Crippen LogP contribution in [0, 0.1) is 0 Å². The van der Waals surface area contributed by atoms with Gasteiger partial charge in [0.1, 0.15) is 5.75 Å². The second kappa shape index (κ2) is 7.49. The topological polar surface area (TPSA) is 34.2 Å². The van der Waals surface area contributed by atoms with Gasteiger partial charge in [-0.2, -0.15) is 0 Å². The molecule has 3 nitrogen and oxygen atoms in total. The van der Waals surface area contributed by atoms with Crippen molar-refractivity contribution in [3.05, 3.63) is 24.0 Å². The van der Waals surface area contributed by atoms with E-state index in [9.17, 15) is 0 Å². The second-order valence-electron chi connectivity index (χ2n) is 5.75. The van der Waals surface area contributed by atoms with Crippen molar-refractivity contribution >= 4 is 0 Å². The standard InChI is InChI=1S/C16H26N2O/c1-13(2)18-11-14-9-10-17-12-16(14)19-15-7-5-3-4-6-8-15/h9-10,12-13,15,18H,3-8,11H2,1-2H3. The molecule has 19 heavy (non-hydrogen) atoms. The van der Waals surface area contributed by atoms with Crippen LogP contribution in [-0.4, -0.2) is 17.1 Å². The fourth-order valence-electron chi connectivity index (χ4n) is 2.51. The van der Waals surface area contributed by atoms with Crippen LogP contribution in [0.3, 0.4) is 0 Å². The van der Waals surface area contributed by atoms with Gasteiger partial charge in [-0.05, 0) is 31.7 Å². The fraction of sp³-hybridized carbons (Fsp3) is 0.688. The minimum atomic E-state index is 0.379. The third-order valence-corrected chi connectivity index (χ3v) is 3.67. The van der Waals surface area contributed by atoms with E-state index < -0.39 is 0 Å². The highest BCUT2D eigenvalue weighted by Crippen LogP contribution is 2.24.